The summed E-state index contributed by atoms with van der Waals surface area (Å²) in [5.41, 5.74) is 2.14. The Bertz CT molecular complexity index is 733. The first-order valence-electron chi connectivity index (χ1n) is 9.01. The fraction of sp³-hybridized carbons (Fsp3) is 0.381. The van der Waals surface area contributed by atoms with Crippen LogP contribution in [-0.2, 0) is 11.3 Å². The van der Waals surface area contributed by atoms with E-state index in [9.17, 15) is 4.79 Å². The van der Waals surface area contributed by atoms with Crippen molar-refractivity contribution in [3.63, 3.8) is 0 Å². The molecule has 1 unspecified atom stereocenters. The molecule has 1 aliphatic rings. The molecule has 0 saturated heterocycles. The van der Waals surface area contributed by atoms with E-state index in [4.69, 9.17) is 9.47 Å². The third-order valence-corrected chi connectivity index (χ3v) is 4.71. The van der Waals surface area contributed by atoms with E-state index in [1.807, 2.05) is 48.3 Å². The molecule has 0 saturated carbocycles. The number of carbonyl (C=O) groups excluding carboxylic acids is 1. The molecule has 5 heteroatoms. The van der Waals surface area contributed by atoms with Crippen molar-refractivity contribution in [1.29, 1.82) is 0 Å². The summed E-state index contributed by atoms with van der Waals surface area (Å²) in [7, 11) is 3.52. The summed E-state index contributed by atoms with van der Waals surface area (Å²) in [4.78, 5) is 15.0. The maximum Gasteiger partial charge on any atom is 0.224 e. The van der Waals surface area contributed by atoms with Gasteiger partial charge in [0.15, 0.2) is 0 Å². The fourth-order valence-electron chi connectivity index (χ4n) is 3.33. The van der Waals surface area contributed by atoms with Gasteiger partial charge in [0.25, 0.3) is 0 Å². The number of fused-ring (bicyclic) bond motifs is 1. The molecule has 0 spiro atoms. The minimum Gasteiger partial charge on any atom is -0.497 e. The quantitative estimate of drug-likeness (QED) is 0.830. The number of hydrogen-bond acceptors (Lipinski definition) is 4. The van der Waals surface area contributed by atoms with Crippen molar-refractivity contribution in [2.24, 2.45) is 0 Å². The van der Waals surface area contributed by atoms with Crippen LogP contribution in [0, 0.1) is 0 Å². The molecular weight excluding hydrogens is 328 g/mol. The van der Waals surface area contributed by atoms with Crippen LogP contribution in [0.25, 0.3) is 0 Å². The lowest BCUT2D eigenvalue weighted by molar-refractivity contribution is -0.135. The highest BCUT2D eigenvalue weighted by atomic mass is 16.5. The third-order valence-electron chi connectivity index (χ3n) is 4.71. The average molecular weight is 354 g/mol. The molecule has 5 nitrogen and oxygen atoms in total. The van der Waals surface area contributed by atoms with Gasteiger partial charge in [-0.15, -0.1) is 0 Å². The molecule has 2 aromatic carbocycles. The van der Waals surface area contributed by atoms with Gasteiger partial charge in [0.05, 0.1) is 19.8 Å². The van der Waals surface area contributed by atoms with Crippen LogP contribution in [0.3, 0.4) is 0 Å². The zero-order valence-corrected chi connectivity index (χ0v) is 15.4. The van der Waals surface area contributed by atoms with Crippen molar-refractivity contribution >= 4 is 5.91 Å². The fourth-order valence-corrected chi connectivity index (χ4v) is 3.33. The van der Waals surface area contributed by atoms with Gasteiger partial charge in [0.2, 0.25) is 5.91 Å². The molecule has 138 valence electrons. The second kappa shape index (κ2) is 8.72. The largest absolute Gasteiger partial charge is 0.497 e. The van der Waals surface area contributed by atoms with E-state index < -0.39 is 0 Å². The van der Waals surface area contributed by atoms with Crippen molar-refractivity contribution in [3.8, 4) is 11.5 Å². The van der Waals surface area contributed by atoms with Crippen LogP contribution in [0.15, 0.2) is 48.5 Å². The number of carbonyl (C=O) groups is 1. The summed E-state index contributed by atoms with van der Waals surface area (Å²) in [6.45, 7) is 1.86. The number of rotatable bonds is 7. The maximum atomic E-state index is 13.0. The van der Waals surface area contributed by atoms with Gasteiger partial charge in [0.1, 0.15) is 11.5 Å². The Kier molecular flexibility index (Phi) is 6.12. The molecule has 1 aliphatic heterocycles. The molecule has 2 aromatic rings. The van der Waals surface area contributed by atoms with Gasteiger partial charge in [-0.05, 0) is 30.8 Å². The summed E-state index contributed by atoms with van der Waals surface area (Å²) >= 11 is 0. The molecule has 0 bridgehead atoms. The zero-order chi connectivity index (χ0) is 18.4. The lowest BCUT2D eigenvalue weighted by Crippen LogP contribution is -2.38. The Morgan fingerprint density at radius 3 is 2.81 bits per heavy atom. The second-order valence-electron chi connectivity index (χ2n) is 6.42. The predicted octanol–water partition coefficient (Wildman–Crippen LogP) is 3.16. The first-order valence-corrected chi connectivity index (χ1v) is 9.01. The second-order valence-corrected chi connectivity index (χ2v) is 6.42. The highest BCUT2D eigenvalue weighted by molar-refractivity contribution is 5.77. The number of nitrogens with one attached hydrogen (secondary N) is 1. The smallest absolute Gasteiger partial charge is 0.224 e. The summed E-state index contributed by atoms with van der Waals surface area (Å²) in [6, 6.07) is 15.9. The van der Waals surface area contributed by atoms with Crippen LogP contribution >= 0.6 is 0 Å². The van der Waals surface area contributed by atoms with Crippen molar-refractivity contribution in [1.82, 2.24) is 10.2 Å². The SMILES string of the molecule is CNCCC(=O)N(Cc1ccccc1)C1CCOc2ccc(OC)cc21. The van der Waals surface area contributed by atoms with Gasteiger partial charge in [-0.2, -0.15) is 0 Å². The number of hydrogen-bond donors (Lipinski definition) is 1. The van der Waals surface area contributed by atoms with E-state index in [0.29, 0.717) is 26.1 Å². The van der Waals surface area contributed by atoms with E-state index >= 15 is 0 Å². The van der Waals surface area contributed by atoms with Gasteiger partial charge in [0, 0.05) is 31.5 Å². The van der Waals surface area contributed by atoms with E-state index in [-0.39, 0.29) is 11.9 Å². The molecule has 1 amide bonds. The Balaban J connectivity index is 1.92. The highest BCUT2D eigenvalue weighted by Gasteiger charge is 2.30. The number of nitrogens with zero attached hydrogens (tertiary/aromatic N) is 1. The van der Waals surface area contributed by atoms with Gasteiger partial charge in [-0.3, -0.25) is 4.79 Å². The average Bonchev–Trinajstić information content (AvgIpc) is 2.70. The van der Waals surface area contributed by atoms with Crippen molar-refractivity contribution in [3.05, 3.63) is 59.7 Å². The molecule has 0 aliphatic carbocycles. The molecule has 1 N–H and O–H groups in total. The minimum atomic E-state index is -0.0154. The molecule has 3 rings (SSSR count). The number of amides is 1. The zero-order valence-electron chi connectivity index (χ0n) is 15.4. The Morgan fingerprint density at radius 2 is 2.08 bits per heavy atom. The third kappa shape index (κ3) is 4.17. The standard InChI is InChI=1S/C21H26N2O3/c1-22-12-10-21(24)23(15-16-6-4-3-5-7-16)19-11-13-26-20-9-8-17(25-2)14-18(19)20/h3-9,14,19,22H,10-13,15H2,1-2H3. The van der Waals surface area contributed by atoms with Crippen molar-refractivity contribution in [2.75, 3.05) is 27.3 Å². The lowest BCUT2D eigenvalue weighted by Gasteiger charge is -2.36. The Morgan fingerprint density at radius 1 is 1.27 bits per heavy atom. The monoisotopic (exact) mass is 354 g/mol. The summed E-state index contributed by atoms with van der Waals surface area (Å²) in [5.74, 6) is 1.76. The van der Waals surface area contributed by atoms with Crippen LogP contribution in [0.5, 0.6) is 11.5 Å². The van der Waals surface area contributed by atoms with Gasteiger partial charge >= 0.3 is 0 Å². The van der Waals surface area contributed by atoms with Crippen LogP contribution in [-0.4, -0.2) is 38.1 Å². The molecule has 26 heavy (non-hydrogen) atoms. The van der Waals surface area contributed by atoms with Crippen molar-refractivity contribution < 1.29 is 14.3 Å². The molecule has 1 heterocycles. The van der Waals surface area contributed by atoms with E-state index in [2.05, 4.69) is 17.4 Å². The predicted molar refractivity (Wildman–Crippen MR) is 101 cm³/mol. The van der Waals surface area contributed by atoms with E-state index in [1.165, 1.54) is 0 Å². The number of methoxy groups -OCH3 is 1. The summed E-state index contributed by atoms with van der Waals surface area (Å²) < 4.78 is 11.2. The molecular formula is C21H26N2O3. The van der Waals surface area contributed by atoms with Gasteiger partial charge < -0.3 is 19.7 Å². The number of benzene rings is 2. The highest BCUT2D eigenvalue weighted by Crippen LogP contribution is 2.39. The lowest BCUT2D eigenvalue weighted by atomic mass is 9.97. The van der Waals surface area contributed by atoms with Gasteiger partial charge in [-0.25, -0.2) is 0 Å². The summed E-state index contributed by atoms with van der Waals surface area (Å²) in [5, 5.41) is 3.07. The van der Waals surface area contributed by atoms with Crippen LogP contribution in [0.4, 0.5) is 0 Å². The molecule has 0 radical (unpaired) electrons. The van der Waals surface area contributed by atoms with Crippen LogP contribution in [0.1, 0.15) is 30.0 Å². The molecule has 0 aromatic heterocycles. The Labute approximate surface area is 154 Å². The number of ether oxygens (including phenoxy) is 2. The van der Waals surface area contributed by atoms with Crippen molar-refractivity contribution in [2.45, 2.75) is 25.4 Å². The van der Waals surface area contributed by atoms with Crippen LogP contribution < -0.4 is 14.8 Å². The van der Waals surface area contributed by atoms with E-state index in [1.54, 1.807) is 7.11 Å². The van der Waals surface area contributed by atoms with E-state index in [0.717, 1.165) is 29.0 Å². The molecule has 1 atom stereocenters. The first kappa shape index (κ1) is 18.3. The normalized spacial score (nSPS) is 15.7. The first-order chi connectivity index (χ1) is 12.7. The Hall–Kier alpha value is -2.53. The molecule has 0 fully saturated rings. The topological polar surface area (TPSA) is 50.8 Å². The van der Waals surface area contributed by atoms with Gasteiger partial charge in [-0.1, -0.05) is 30.3 Å². The van der Waals surface area contributed by atoms with Crippen LogP contribution in [0.2, 0.25) is 0 Å². The summed E-state index contributed by atoms with van der Waals surface area (Å²) in [6.07, 6.45) is 1.25. The minimum absolute atomic E-state index is 0.0154. The maximum absolute atomic E-state index is 13.0.